The molecule has 1 atom stereocenters. The van der Waals surface area contributed by atoms with E-state index in [0.29, 0.717) is 22.5 Å². The van der Waals surface area contributed by atoms with E-state index in [1.165, 1.54) is 0 Å². The van der Waals surface area contributed by atoms with Crippen LogP contribution in [0.4, 0.5) is 0 Å². The molecule has 0 radical (unpaired) electrons. The highest BCUT2D eigenvalue weighted by atomic mass is 16.5. The van der Waals surface area contributed by atoms with Gasteiger partial charge in [-0.1, -0.05) is 49.4 Å². The van der Waals surface area contributed by atoms with Crippen molar-refractivity contribution in [2.45, 2.75) is 40.2 Å². The number of benzene rings is 2. The topological polar surface area (TPSA) is 61.2 Å². The molecule has 5 heteroatoms. The maximum atomic E-state index is 12.7. The first-order valence-electron chi connectivity index (χ1n) is 9.38. The van der Waals surface area contributed by atoms with Gasteiger partial charge in [-0.15, -0.1) is 0 Å². The second-order valence-electron chi connectivity index (χ2n) is 6.76. The Morgan fingerprint density at radius 1 is 1.04 bits per heavy atom. The van der Waals surface area contributed by atoms with Gasteiger partial charge >= 0.3 is 5.97 Å². The van der Waals surface area contributed by atoms with E-state index in [0.717, 1.165) is 17.7 Å². The van der Waals surface area contributed by atoms with Gasteiger partial charge in [0.25, 0.3) is 0 Å². The van der Waals surface area contributed by atoms with Crippen molar-refractivity contribution in [3.63, 3.8) is 0 Å². The number of carbonyl (C=O) groups excluding carboxylic acids is 2. The predicted molar refractivity (Wildman–Crippen MR) is 108 cm³/mol. The number of aromatic nitrogens is 2. The summed E-state index contributed by atoms with van der Waals surface area (Å²) in [5, 5.41) is 4.46. The number of hydrogen-bond donors (Lipinski definition) is 0. The van der Waals surface area contributed by atoms with Gasteiger partial charge in [0, 0.05) is 5.56 Å². The Balaban J connectivity index is 1.79. The monoisotopic (exact) mass is 376 g/mol. The van der Waals surface area contributed by atoms with E-state index in [9.17, 15) is 9.59 Å². The molecule has 144 valence electrons. The Morgan fingerprint density at radius 2 is 1.68 bits per heavy atom. The van der Waals surface area contributed by atoms with E-state index in [2.05, 4.69) is 12.0 Å². The molecule has 0 aliphatic heterocycles. The van der Waals surface area contributed by atoms with E-state index in [1.54, 1.807) is 30.7 Å². The van der Waals surface area contributed by atoms with Crippen LogP contribution in [0.2, 0.25) is 0 Å². The van der Waals surface area contributed by atoms with Crippen molar-refractivity contribution in [2.75, 3.05) is 0 Å². The van der Waals surface area contributed by atoms with Crippen LogP contribution in [-0.2, 0) is 11.2 Å². The molecule has 3 rings (SSSR count). The number of Topliss-reactive ketones (excluding diaryl/α,β-unsaturated/α-hetero) is 1. The van der Waals surface area contributed by atoms with Crippen LogP contribution in [0.5, 0.6) is 0 Å². The number of carbonyl (C=O) groups is 2. The van der Waals surface area contributed by atoms with Crippen LogP contribution in [0.15, 0.2) is 54.6 Å². The highest BCUT2D eigenvalue weighted by Crippen LogP contribution is 2.20. The van der Waals surface area contributed by atoms with Crippen LogP contribution in [0.25, 0.3) is 5.69 Å². The van der Waals surface area contributed by atoms with Crippen LogP contribution in [0, 0.1) is 13.8 Å². The minimum absolute atomic E-state index is 0.221. The summed E-state index contributed by atoms with van der Waals surface area (Å²) in [7, 11) is 0. The Hall–Kier alpha value is -3.21. The minimum Gasteiger partial charge on any atom is -0.451 e. The van der Waals surface area contributed by atoms with Crippen molar-refractivity contribution >= 4 is 11.8 Å². The van der Waals surface area contributed by atoms with Crippen LogP contribution in [0.1, 0.15) is 51.5 Å². The van der Waals surface area contributed by atoms with E-state index in [4.69, 9.17) is 4.74 Å². The predicted octanol–water partition coefficient (Wildman–Crippen LogP) is 4.48. The van der Waals surface area contributed by atoms with Gasteiger partial charge in [0.15, 0.2) is 6.10 Å². The first-order valence-corrected chi connectivity index (χ1v) is 9.38. The molecular formula is C23H24N2O3. The van der Waals surface area contributed by atoms with Gasteiger partial charge in [-0.3, -0.25) is 4.79 Å². The second-order valence-corrected chi connectivity index (χ2v) is 6.76. The van der Waals surface area contributed by atoms with Gasteiger partial charge in [-0.2, -0.15) is 5.10 Å². The average molecular weight is 376 g/mol. The number of rotatable bonds is 6. The molecule has 0 fully saturated rings. The molecule has 0 bridgehead atoms. The molecule has 0 saturated carbocycles. The molecule has 0 spiro atoms. The quantitative estimate of drug-likeness (QED) is 0.470. The Morgan fingerprint density at radius 3 is 2.29 bits per heavy atom. The number of aryl methyl sites for hydroxylation is 2. The zero-order chi connectivity index (χ0) is 20.3. The summed E-state index contributed by atoms with van der Waals surface area (Å²) in [5.74, 6) is -0.759. The first kappa shape index (κ1) is 19.5. The smallest absolute Gasteiger partial charge is 0.342 e. The Bertz CT molecular complexity index is 989. The van der Waals surface area contributed by atoms with Gasteiger partial charge in [0.2, 0.25) is 5.78 Å². The molecule has 0 unspecified atom stereocenters. The van der Waals surface area contributed by atoms with Crippen molar-refractivity contribution in [1.29, 1.82) is 0 Å². The number of para-hydroxylation sites is 1. The van der Waals surface area contributed by atoms with E-state index in [1.807, 2.05) is 49.4 Å². The van der Waals surface area contributed by atoms with Crippen LogP contribution in [-0.4, -0.2) is 27.6 Å². The third-order valence-corrected chi connectivity index (χ3v) is 4.80. The molecule has 2 aromatic carbocycles. The number of nitrogens with zero attached hydrogens (tertiary/aromatic N) is 2. The van der Waals surface area contributed by atoms with Gasteiger partial charge in [0.05, 0.1) is 17.1 Å². The summed E-state index contributed by atoms with van der Waals surface area (Å²) in [5.41, 5.74) is 4.19. The Kier molecular flexibility index (Phi) is 5.73. The average Bonchev–Trinajstić information content (AvgIpc) is 3.02. The zero-order valence-corrected chi connectivity index (χ0v) is 16.6. The lowest BCUT2D eigenvalue weighted by Gasteiger charge is -2.13. The van der Waals surface area contributed by atoms with Crippen molar-refractivity contribution in [3.05, 3.63) is 82.7 Å². The van der Waals surface area contributed by atoms with E-state index >= 15 is 0 Å². The van der Waals surface area contributed by atoms with Crippen molar-refractivity contribution in [3.8, 4) is 5.69 Å². The number of hydrogen-bond acceptors (Lipinski definition) is 4. The molecule has 28 heavy (non-hydrogen) atoms. The van der Waals surface area contributed by atoms with E-state index < -0.39 is 12.1 Å². The second kappa shape index (κ2) is 8.21. The maximum Gasteiger partial charge on any atom is 0.342 e. The molecule has 1 heterocycles. The summed E-state index contributed by atoms with van der Waals surface area (Å²) in [6.07, 6.45) is 0.0297. The lowest BCUT2D eigenvalue weighted by atomic mass is 10.0. The van der Waals surface area contributed by atoms with E-state index in [-0.39, 0.29) is 5.78 Å². The van der Waals surface area contributed by atoms with Crippen LogP contribution < -0.4 is 0 Å². The van der Waals surface area contributed by atoms with Crippen molar-refractivity contribution < 1.29 is 14.3 Å². The van der Waals surface area contributed by atoms with Crippen molar-refractivity contribution in [2.24, 2.45) is 0 Å². The molecule has 0 saturated heterocycles. The Labute approximate surface area is 165 Å². The first-order chi connectivity index (χ1) is 13.4. The van der Waals surface area contributed by atoms with Gasteiger partial charge in [-0.05, 0) is 44.9 Å². The number of ketones is 1. The molecule has 1 aromatic heterocycles. The van der Waals surface area contributed by atoms with Gasteiger partial charge < -0.3 is 4.74 Å². The summed E-state index contributed by atoms with van der Waals surface area (Å²) in [6.45, 7) is 7.24. The third-order valence-electron chi connectivity index (χ3n) is 4.80. The third kappa shape index (κ3) is 3.88. The highest BCUT2D eigenvalue weighted by Gasteiger charge is 2.25. The largest absolute Gasteiger partial charge is 0.451 e. The minimum atomic E-state index is -0.876. The molecule has 0 aliphatic carbocycles. The fourth-order valence-electron chi connectivity index (χ4n) is 3.17. The molecule has 0 N–H and O–H groups in total. The molecule has 3 aromatic rings. The lowest BCUT2D eigenvalue weighted by molar-refractivity contribution is 0.0317. The lowest BCUT2D eigenvalue weighted by Crippen LogP contribution is -2.25. The fourth-order valence-corrected chi connectivity index (χ4v) is 3.17. The summed E-state index contributed by atoms with van der Waals surface area (Å²) in [4.78, 5) is 25.4. The normalized spacial score (nSPS) is 11.9. The summed E-state index contributed by atoms with van der Waals surface area (Å²) < 4.78 is 7.19. The molecule has 0 aliphatic rings. The van der Waals surface area contributed by atoms with Crippen LogP contribution >= 0.6 is 0 Å². The van der Waals surface area contributed by atoms with Gasteiger partial charge in [-0.25, -0.2) is 9.48 Å². The fraction of sp³-hybridized carbons (Fsp3) is 0.261. The SMILES string of the molecule is CCc1ccc(C(=O)[C@H](C)OC(=O)c2c(C)nn(-c3ccccc3)c2C)cc1. The molecular weight excluding hydrogens is 352 g/mol. The van der Waals surface area contributed by atoms with Crippen LogP contribution in [0.3, 0.4) is 0 Å². The van der Waals surface area contributed by atoms with Crippen molar-refractivity contribution in [1.82, 2.24) is 9.78 Å². The molecule has 5 nitrogen and oxygen atoms in total. The number of esters is 1. The maximum absolute atomic E-state index is 12.7. The highest BCUT2D eigenvalue weighted by molar-refractivity contribution is 6.01. The number of ether oxygens (including phenoxy) is 1. The van der Waals surface area contributed by atoms with Gasteiger partial charge in [0.1, 0.15) is 5.56 Å². The zero-order valence-electron chi connectivity index (χ0n) is 16.6. The standard InChI is InChI=1S/C23H24N2O3/c1-5-18-11-13-19(14-12-18)22(26)17(4)28-23(27)21-15(2)24-25(16(21)3)20-9-7-6-8-10-20/h6-14,17H,5H2,1-4H3/t17-/m0/s1. The summed E-state index contributed by atoms with van der Waals surface area (Å²) >= 11 is 0. The summed E-state index contributed by atoms with van der Waals surface area (Å²) in [6, 6.07) is 17.0. The molecule has 0 amide bonds.